The minimum absolute atomic E-state index is 0.0564. The van der Waals surface area contributed by atoms with E-state index in [4.69, 9.17) is 0 Å². The number of hydrogen-bond donors (Lipinski definition) is 4. The fourth-order valence-corrected chi connectivity index (χ4v) is 2.68. The number of rotatable bonds is 4. The van der Waals surface area contributed by atoms with Gasteiger partial charge in [0.2, 0.25) is 5.91 Å². The molecule has 0 aliphatic carbocycles. The largest absolute Gasteiger partial charge is 0.336 e. The van der Waals surface area contributed by atoms with Crippen molar-refractivity contribution in [3.05, 3.63) is 24.3 Å². The van der Waals surface area contributed by atoms with Gasteiger partial charge >= 0.3 is 6.03 Å². The number of hydrogen-bond acceptors (Lipinski definition) is 3. The van der Waals surface area contributed by atoms with Crippen molar-refractivity contribution in [2.45, 2.75) is 45.7 Å². The third-order valence-electron chi connectivity index (χ3n) is 3.82. The molecular formula is C17H26N4O2. The lowest BCUT2D eigenvalue weighted by atomic mass is 9.92. The van der Waals surface area contributed by atoms with Gasteiger partial charge in [-0.15, -0.1) is 0 Å². The van der Waals surface area contributed by atoms with Crippen LogP contribution in [0.25, 0.3) is 0 Å². The van der Waals surface area contributed by atoms with Crippen LogP contribution in [0, 0.1) is 5.92 Å². The molecule has 1 fully saturated rings. The van der Waals surface area contributed by atoms with E-state index >= 15 is 0 Å². The highest BCUT2D eigenvalue weighted by Gasteiger charge is 2.24. The van der Waals surface area contributed by atoms with Crippen LogP contribution in [-0.2, 0) is 4.79 Å². The summed E-state index contributed by atoms with van der Waals surface area (Å²) in [6.07, 6.45) is 1.73. The summed E-state index contributed by atoms with van der Waals surface area (Å²) in [5.41, 5.74) is 1.44. The SMILES string of the molecule is CC(C)NC(=O)Nc1ccc(NC(=O)[C@H]2CCN[C@@H](C)C2)cc1. The maximum atomic E-state index is 12.3. The predicted octanol–water partition coefficient (Wildman–Crippen LogP) is 2.54. The fraction of sp³-hybridized carbons (Fsp3) is 0.529. The topological polar surface area (TPSA) is 82.3 Å². The summed E-state index contributed by atoms with van der Waals surface area (Å²) in [4.78, 5) is 23.9. The van der Waals surface area contributed by atoms with Crippen molar-refractivity contribution < 1.29 is 9.59 Å². The Morgan fingerprint density at radius 3 is 2.30 bits per heavy atom. The number of benzene rings is 1. The van der Waals surface area contributed by atoms with Crippen molar-refractivity contribution in [3.63, 3.8) is 0 Å². The first-order valence-corrected chi connectivity index (χ1v) is 8.16. The number of urea groups is 1. The van der Waals surface area contributed by atoms with Crippen LogP contribution < -0.4 is 21.3 Å². The molecule has 23 heavy (non-hydrogen) atoms. The zero-order valence-electron chi connectivity index (χ0n) is 14.0. The highest BCUT2D eigenvalue weighted by atomic mass is 16.2. The minimum Gasteiger partial charge on any atom is -0.336 e. The molecule has 3 amide bonds. The van der Waals surface area contributed by atoms with Gasteiger partial charge in [0.05, 0.1) is 0 Å². The summed E-state index contributed by atoms with van der Waals surface area (Å²) in [6, 6.07) is 7.38. The molecule has 126 valence electrons. The number of piperidine rings is 1. The molecule has 2 atom stereocenters. The van der Waals surface area contributed by atoms with Crippen LogP contribution in [0.15, 0.2) is 24.3 Å². The summed E-state index contributed by atoms with van der Waals surface area (Å²) >= 11 is 0. The average molecular weight is 318 g/mol. The van der Waals surface area contributed by atoms with Crippen LogP contribution in [0.2, 0.25) is 0 Å². The molecule has 0 spiro atoms. The lowest BCUT2D eigenvalue weighted by Gasteiger charge is -2.27. The molecule has 0 unspecified atom stereocenters. The van der Waals surface area contributed by atoms with Gasteiger partial charge in [0.15, 0.2) is 0 Å². The summed E-state index contributed by atoms with van der Waals surface area (Å²) in [5.74, 6) is 0.123. The molecule has 2 rings (SSSR count). The van der Waals surface area contributed by atoms with Gasteiger partial charge in [-0.3, -0.25) is 4.79 Å². The highest BCUT2D eigenvalue weighted by molar-refractivity contribution is 5.93. The van der Waals surface area contributed by atoms with Gasteiger partial charge in [-0.2, -0.15) is 0 Å². The number of carbonyl (C=O) groups is 2. The zero-order valence-corrected chi connectivity index (χ0v) is 14.0. The lowest BCUT2D eigenvalue weighted by Crippen LogP contribution is -2.40. The van der Waals surface area contributed by atoms with E-state index < -0.39 is 0 Å². The maximum absolute atomic E-state index is 12.3. The first-order chi connectivity index (χ1) is 10.9. The Kier molecular flexibility index (Phi) is 5.98. The number of anilines is 2. The summed E-state index contributed by atoms with van der Waals surface area (Å²) < 4.78 is 0. The van der Waals surface area contributed by atoms with Crippen molar-refractivity contribution in [1.82, 2.24) is 10.6 Å². The van der Waals surface area contributed by atoms with Crippen LogP contribution in [0.3, 0.4) is 0 Å². The molecule has 0 aromatic heterocycles. The Bertz CT molecular complexity index is 542. The molecule has 6 nitrogen and oxygen atoms in total. The van der Waals surface area contributed by atoms with Crippen molar-refractivity contribution >= 4 is 23.3 Å². The summed E-state index contributed by atoms with van der Waals surface area (Å²) in [7, 11) is 0. The lowest BCUT2D eigenvalue weighted by molar-refractivity contribution is -0.120. The van der Waals surface area contributed by atoms with Crippen molar-refractivity contribution in [1.29, 1.82) is 0 Å². The van der Waals surface area contributed by atoms with E-state index in [1.54, 1.807) is 24.3 Å². The molecule has 1 aromatic rings. The van der Waals surface area contributed by atoms with E-state index in [1.165, 1.54) is 0 Å². The molecule has 0 saturated carbocycles. The Labute approximate surface area is 137 Å². The number of carbonyl (C=O) groups excluding carboxylic acids is 2. The minimum atomic E-state index is -0.236. The molecule has 1 aliphatic rings. The Morgan fingerprint density at radius 1 is 1.13 bits per heavy atom. The molecule has 1 aliphatic heterocycles. The second-order valence-corrected chi connectivity index (χ2v) is 6.40. The summed E-state index contributed by atoms with van der Waals surface area (Å²) in [6.45, 7) is 6.79. The van der Waals surface area contributed by atoms with Crippen LogP contribution in [0.5, 0.6) is 0 Å². The standard InChI is InChI=1S/C17H26N4O2/c1-11(2)19-17(23)21-15-6-4-14(5-7-15)20-16(22)13-8-9-18-12(3)10-13/h4-7,11-13,18H,8-10H2,1-3H3,(H,20,22)(H2,19,21,23)/t12-,13-/m0/s1. The average Bonchev–Trinajstić information content (AvgIpc) is 2.48. The predicted molar refractivity (Wildman–Crippen MR) is 92.6 cm³/mol. The monoisotopic (exact) mass is 318 g/mol. The molecule has 1 aromatic carbocycles. The third kappa shape index (κ3) is 5.56. The smallest absolute Gasteiger partial charge is 0.319 e. The van der Waals surface area contributed by atoms with E-state index in [2.05, 4.69) is 28.2 Å². The maximum Gasteiger partial charge on any atom is 0.319 e. The third-order valence-corrected chi connectivity index (χ3v) is 3.82. The second-order valence-electron chi connectivity index (χ2n) is 6.40. The summed E-state index contributed by atoms with van der Waals surface area (Å²) in [5, 5.41) is 11.8. The Hall–Kier alpha value is -2.08. The van der Waals surface area contributed by atoms with E-state index in [0.29, 0.717) is 11.7 Å². The molecule has 4 N–H and O–H groups in total. The number of nitrogens with one attached hydrogen (secondary N) is 4. The number of amides is 3. The Morgan fingerprint density at radius 2 is 1.74 bits per heavy atom. The van der Waals surface area contributed by atoms with Crippen LogP contribution in [0.1, 0.15) is 33.6 Å². The first kappa shape index (κ1) is 17.3. The van der Waals surface area contributed by atoms with Gasteiger partial charge in [0, 0.05) is 29.4 Å². The van der Waals surface area contributed by atoms with E-state index in [0.717, 1.165) is 25.1 Å². The van der Waals surface area contributed by atoms with Crippen molar-refractivity contribution in [2.75, 3.05) is 17.2 Å². The second kappa shape index (κ2) is 7.97. The first-order valence-electron chi connectivity index (χ1n) is 8.16. The quantitative estimate of drug-likeness (QED) is 0.688. The molecule has 1 heterocycles. The molecule has 1 saturated heterocycles. The molecule has 0 bridgehead atoms. The van der Waals surface area contributed by atoms with Crippen LogP contribution in [0.4, 0.5) is 16.2 Å². The molecule has 6 heteroatoms. The van der Waals surface area contributed by atoms with Crippen LogP contribution in [-0.4, -0.2) is 30.6 Å². The fourth-order valence-electron chi connectivity index (χ4n) is 2.68. The van der Waals surface area contributed by atoms with Gasteiger partial charge < -0.3 is 21.3 Å². The Balaban J connectivity index is 1.87. The highest BCUT2D eigenvalue weighted by Crippen LogP contribution is 2.19. The van der Waals surface area contributed by atoms with Gasteiger partial charge in [0.25, 0.3) is 0 Å². The van der Waals surface area contributed by atoms with Gasteiger partial charge in [0.1, 0.15) is 0 Å². The van der Waals surface area contributed by atoms with Gasteiger partial charge in [-0.1, -0.05) is 0 Å². The van der Waals surface area contributed by atoms with Gasteiger partial charge in [-0.05, 0) is 64.4 Å². The van der Waals surface area contributed by atoms with E-state index in [-0.39, 0.29) is 23.9 Å². The molecular weight excluding hydrogens is 292 g/mol. The van der Waals surface area contributed by atoms with Crippen LogP contribution >= 0.6 is 0 Å². The molecule has 0 radical (unpaired) electrons. The normalized spacial score (nSPS) is 20.9. The van der Waals surface area contributed by atoms with Gasteiger partial charge in [-0.25, -0.2) is 4.79 Å². The van der Waals surface area contributed by atoms with E-state index in [1.807, 2.05) is 13.8 Å². The van der Waals surface area contributed by atoms with Crippen molar-refractivity contribution in [3.8, 4) is 0 Å². The van der Waals surface area contributed by atoms with E-state index in [9.17, 15) is 9.59 Å². The van der Waals surface area contributed by atoms with Crippen molar-refractivity contribution in [2.24, 2.45) is 5.92 Å². The zero-order chi connectivity index (χ0) is 16.8.